The topological polar surface area (TPSA) is 87.0 Å². The van der Waals surface area contributed by atoms with Gasteiger partial charge in [0.1, 0.15) is 5.92 Å². The maximum atomic E-state index is 12.2. The van der Waals surface area contributed by atoms with E-state index in [2.05, 4.69) is 5.32 Å². The van der Waals surface area contributed by atoms with E-state index >= 15 is 0 Å². The molecule has 1 aromatic carbocycles. The van der Waals surface area contributed by atoms with Crippen molar-refractivity contribution in [1.82, 2.24) is 5.32 Å². The lowest BCUT2D eigenvalue weighted by Gasteiger charge is -2.25. The molecule has 2 rings (SSSR count). The number of rotatable bonds is 3. The van der Waals surface area contributed by atoms with Crippen LogP contribution in [0.5, 0.6) is 0 Å². The van der Waals surface area contributed by atoms with Crippen LogP contribution in [-0.2, 0) is 14.6 Å². The van der Waals surface area contributed by atoms with Gasteiger partial charge in [-0.3, -0.25) is 4.79 Å². The maximum Gasteiger partial charge on any atom is 0.242 e. The number of hydrogen-bond donors (Lipinski definition) is 1. The van der Waals surface area contributed by atoms with Crippen molar-refractivity contribution in [2.45, 2.75) is 24.8 Å². The number of amides is 1. The minimum atomic E-state index is -3.09. The summed E-state index contributed by atoms with van der Waals surface area (Å²) in [5, 5.41) is 11.9. The number of hydrogen-bond acceptors (Lipinski definition) is 4. The molecule has 1 saturated heterocycles. The molecule has 1 aliphatic heterocycles. The van der Waals surface area contributed by atoms with Gasteiger partial charge in [0, 0.05) is 0 Å². The van der Waals surface area contributed by atoms with Gasteiger partial charge in [-0.2, -0.15) is 5.26 Å². The molecule has 5 nitrogen and oxygen atoms in total. The summed E-state index contributed by atoms with van der Waals surface area (Å²) < 4.78 is 23.0. The third kappa shape index (κ3) is 3.17. The highest BCUT2D eigenvalue weighted by atomic mass is 32.2. The molecule has 0 saturated carbocycles. The normalized spacial score (nSPS) is 25.6. The van der Waals surface area contributed by atoms with E-state index in [4.69, 9.17) is 0 Å². The first-order valence-corrected chi connectivity index (χ1v) is 8.14. The first kappa shape index (κ1) is 14.5. The molecule has 0 spiro atoms. The van der Waals surface area contributed by atoms with Crippen molar-refractivity contribution in [3.05, 3.63) is 35.9 Å². The Morgan fingerprint density at radius 3 is 2.55 bits per heavy atom. The molecule has 0 bridgehead atoms. The Balaban J connectivity index is 2.14. The van der Waals surface area contributed by atoms with Gasteiger partial charge in [-0.25, -0.2) is 8.42 Å². The molecule has 106 valence electrons. The fraction of sp³-hybridized carbons (Fsp3) is 0.429. The summed E-state index contributed by atoms with van der Waals surface area (Å²) >= 11 is 0. The van der Waals surface area contributed by atoms with Gasteiger partial charge < -0.3 is 5.32 Å². The fourth-order valence-corrected chi connectivity index (χ4v) is 4.50. The van der Waals surface area contributed by atoms with Crippen LogP contribution in [0.25, 0.3) is 0 Å². The lowest BCUT2D eigenvalue weighted by Crippen LogP contribution is -2.48. The standard InChI is InChI=1S/C14H16N2O3S/c1-14(7-8-20(18,19)10-14)16-13(17)12(9-15)11-5-3-2-4-6-11/h2-6,12H,7-8,10H2,1H3,(H,16,17). The number of sulfone groups is 1. The van der Waals surface area contributed by atoms with Crippen molar-refractivity contribution in [2.75, 3.05) is 11.5 Å². The first-order chi connectivity index (χ1) is 9.35. The van der Waals surface area contributed by atoms with Gasteiger partial charge in [0.15, 0.2) is 9.84 Å². The summed E-state index contributed by atoms with van der Waals surface area (Å²) in [5.41, 5.74) is -0.170. The van der Waals surface area contributed by atoms with Crippen molar-refractivity contribution in [3.63, 3.8) is 0 Å². The van der Waals surface area contributed by atoms with Crippen LogP contribution in [0.15, 0.2) is 30.3 Å². The Bertz CT molecular complexity index is 649. The number of nitriles is 1. The van der Waals surface area contributed by atoms with Crippen molar-refractivity contribution < 1.29 is 13.2 Å². The molecule has 2 unspecified atom stereocenters. The van der Waals surface area contributed by atoms with E-state index in [0.29, 0.717) is 12.0 Å². The molecule has 1 aromatic rings. The van der Waals surface area contributed by atoms with E-state index in [-0.39, 0.29) is 11.5 Å². The summed E-state index contributed by atoms with van der Waals surface area (Å²) in [4.78, 5) is 12.2. The average Bonchev–Trinajstić information content (AvgIpc) is 2.65. The number of carbonyl (C=O) groups is 1. The van der Waals surface area contributed by atoms with Crippen LogP contribution >= 0.6 is 0 Å². The third-order valence-corrected chi connectivity index (χ3v) is 5.36. The van der Waals surface area contributed by atoms with Gasteiger partial charge in [-0.05, 0) is 18.9 Å². The fourth-order valence-electron chi connectivity index (χ4n) is 2.41. The zero-order valence-electron chi connectivity index (χ0n) is 11.2. The Morgan fingerprint density at radius 2 is 2.05 bits per heavy atom. The molecular formula is C14H16N2O3S. The van der Waals surface area contributed by atoms with Gasteiger partial charge in [-0.15, -0.1) is 0 Å². The molecular weight excluding hydrogens is 276 g/mol. The zero-order valence-corrected chi connectivity index (χ0v) is 12.0. The molecule has 2 atom stereocenters. The van der Waals surface area contributed by atoms with E-state index in [1.807, 2.05) is 6.07 Å². The monoisotopic (exact) mass is 292 g/mol. The molecule has 1 amide bonds. The van der Waals surface area contributed by atoms with E-state index in [1.54, 1.807) is 37.3 Å². The van der Waals surface area contributed by atoms with Gasteiger partial charge in [0.2, 0.25) is 5.91 Å². The molecule has 6 heteroatoms. The van der Waals surface area contributed by atoms with Crippen LogP contribution in [0.2, 0.25) is 0 Å². The quantitative estimate of drug-likeness (QED) is 0.900. The van der Waals surface area contributed by atoms with Gasteiger partial charge in [0.05, 0.1) is 23.1 Å². The SMILES string of the molecule is CC1(NC(=O)C(C#N)c2ccccc2)CCS(=O)(=O)C1. The van der Waals surface area contributed by atoms with Gasteiger partial charge in [-0.1, -0.05) is 30.3 Å². The summed E-state index contributed by atoms with van der Waals surface area (Å²) in [5.74, 6) is -1.36. The van der Waals surface area contributed by atoms with Crippen molar-refractivity contribution in [2.24, 2.45) is 0 Å². The minimum absolute atomic E-state index is 0.0708. The van der Waals surface area contributed by atoms with E-state index in [0.717, 1.165) is 0 Å². The molecule has 0 radical (unpaired) electrons. The second kappa shape index (κ2) is 5.25. The number of nitrogens with zero attached hydrogens (tertiary/aromatic N) is 1. The summed E-state index contributed by atoms with van der Waals surface area (Å²) in [6.07, 6.45) is 0.383. The van der Waals surface area contributed by atoms with Crippen molar-refractivity contribution in [3.8, 4) is 6.07 Å². The second-order valence-electron chi connectivity index (χ2n) is 5.36. The highest BCUT2D eigenvalue weighted by Crippen LogP contribution is 2.24. The Labute approximate surface area is 118 Å². The van der Waals surface area contributed by atoms with E-state index < -0.39 is 27.2 Å². The molecule has 1 heterocycles. The minimum Gasteiger partial charge on any atom is -0.348 e. The van der Waals surface area contributed by atoms with Crippen LogP contribution in [0.4, 0.5) is 0 Å². The maximum absolute atomic E-state index is 12.2. The second-order valence-corrected chi connectivity index (χ2v) is 7.55. The Morgan fingerprint density at radius 1 is 1.40 bits per heavy atom. The molecule has 0 aliphatic carbocycles. The summed E-state index contributed by atoms with van der Waals surface area (Å²) in [7, 11) is -3.09. The molecule has 1 aliphatic rings. The average molecular weight is 292 g/mol. The van der Waals surface area contributed by atoms with Crippen LogP contribution in [0.3, 0.4) is 0 Å². The summed E-state index contributed by atoms with van der Waals surface area (Å²) in [6, 6.07) is 10.7. The summed E-state index contributed by atoms with van der Waals surface area (Å²) in [6.45, 7) is 1.70. The van der Waals surface area contributed by atoms with Gasteiger partial charge >= 0.3 is 0 Å². The van der Waals surface area contributed by atoms with E-state index in [1.165, 1.54) is 0 Å². The van der Waals surface area contributed by atoms with Gasteiger partial charge in [0.25, 0.3) is 0 Å². The van der Waals surface area contributed by atoms with Crippen LogP contribution in [0, 0.1) is 11.3 Å². The molecule has 1 fully saturated rings. The predicted octanol–water partition coefficient (Wildman–Crippen LogP) is 0.987. The van der Waals surface area contributed by atoms with Crippen LogP contribution in [-0.4, -0.2) is 31.4 Å². The van der Waals surface area contributed by atoms with Crippen LogP contribution < -0.4 is 5.32 Å². The third-order valence-electron chi connectivity index (χ3n) is 3.45. The van der Waals surface area contributed by atoms with E-state index in [9.17, 15) is 18.5 Å². The highest BCUT2D eigenvalue weighted by Gasteiger charge is 2.40. The molecule has 1 N–H and O–H groups in total. The lowest BCUT2D eigenvalue weighted by atomic mass is 9.96. The number of benzene rings is 1. The Kier molecular flexibility index (Phi) is 3.82. The number of carbonyl (C=O) groups excluding carboxylic acids is 1. The predicted molar refractivity (Wildman–Crippen MR) is 74.6 cm³/mol. The molecule has 20 heavy (non-hydrogen) atoms. The Hall–Kier alpha value is -1.87. The molecule has 0 aromatic heterocycles. The van der Waals surface area contributed by atoms with Crippen molar-refractivity contribution in [1.29, 1.82) is 5.26 Å². The lowest BCUT2D eigenvalue weighted by molar-refractivity contribution is -0.122. The van der Waals surface area contributed by atoms with Crippen LogP contribution in [0.1, 0.15) is 24.8 Å². The van der Waals surface area contributed by atoms with Crippen molar-refractivity contribution >= 4 is 15.7 Å². The highest BCUT2D eigenvalue weighted by molar-refractivity contribution is 7.91. The zero-order chi connectivity index (χ0) is 14.8. The smallest absolute Gasteiger partial charge is 0.242 e. The number of nitrogens with one attached hydrogen (secondary N) is 1. The largest absolute Gasteiger partial charge is 0.348 e. The first-order valence-electron chi connectivity index (χ1n) is 6.32.